The lowest BCUT2D eigenvalue weighted by Gasteiger charge is -2.14. The molecule has 174 valence electrons. The van der Waals surface area contributed by atoms with Crippen LogP contribution in [-0.2, 0) is 12.7 Å². The van der Waals surface area contributed by atoms with Gasteiger partial charge in [0.2, 0.25) is 0 Å². The van der Waals surface area contributed by atoms with Crippen molar-refractivity contribution in [3.8, 4) is 17.3 Å². The number of anilines is 1. The Morgan fingerprint density at radius 2 is 2.06 bits per heavy atom. The molecule has 1 amide bonds. The summed E-state index contributed by atoms with van der Waals surface area (Å²) in [5, 5.41) is 10.7. The van der Waals surface area contributed by atoms with Crippen molar-refractivity contribution in [2.24, 2.45) is 0 Å². The molecule has 33 heavy (non-hydrogen) atoms. The van der Waals surface area contributed by atoms with Gasteiger partial charge < -0.3 is 14.6 Å². The van der Waals surface area contributed by atoms with Crippen LogP contribution in [0.3, 0.4) is 0 Å². The molecule has 7 nitrogen and oxygen atoms in total. The number of hydrogen-bond acceptors (Lipinski definition) is 5. The maximum Gasteiger partial charge on any atom is 0.416 e. The third kappa shape index (κ3) is 6.18. The Morgan fingerprint density at radius 1 is 1.24 bits per heavy atom. The third-order valence-electron chi connectivity index (χ3n) is 4.75. The van der Waals surface area contributed by atoms with E-state index < -0.39 is 17.6 Å². The first-order valence-electron chi connectivity index (χ1n) is 10.4. The van der Waals surface area contributed by atoms with Gasteiger partial charge in [0.05, 0.1) is 11.1 Å². The topological polar surface area (TPSA) is 81.9 Å². The molecule has 0 unspecified atom stereocenters. The number of ether oxygens (including phenoxy) is 1. The van der Waals surface area contributed by atoms with Crippen LogP contribution in [0.5, 0.6) is 5.75 Å². The first-order valence-corrected chi connectivity index (χ1v) is 10.4. The molecule has 2 heterocycles. The Morgan fingerprint density at radius 3 is 2.79 bits per heavy atom. The van der Waals surface area contributed by atoms with Gasteiger partial charge in [-0.1, -0.05) is 38.5 Å². The number of benzene rings is 1. The second kappa shape index (κ2) is 10.8. The summed E-state index contributed by atoms with van der Waals surface area (Å²) in [7, 11) is 0. The number of aryl methyl sites for hydroxylation is 1. The molecule has 0 radical (unpaired) electrons. The van der Waals surface area contributed by atoms with E-state index in [1.54, 1.807) is 24.5 Å². The lowest BCUT2D eigenvalue weighted by molar-refractivity contribution is -0.137. The van der Waals surface area contributed by atoms with Gasteiger partial charge in [0, 0.05) is 6.54 Å². The van der Waals surface area contributed by atoms with Crippen LogP contribution in [0.2, 0.25) is 0 Å². The number of rotatable bonds is 10. The molecule has 2 aromatic heterocycles. The van der Waals surface area contributed by atoms with Crippen molar-refractivity contribution in [1.29, 1.82) is 0 Å². The minimum absolute atomic E-state index is 0.0526. The zero-order chi connectivity index (χ0) is 23.8. The van der Waals surface area contributed by atoms with Gasteiger partial charge in [-0.25, -0.2) is 4.98 Å². The van der Waals surface area contributed by atoms with Crippen LogP contribution in [0.4, 0.5) is 19.0 Å². The smallest absolute Gasteiger partial charge is 0.416 e. The van der Waals surface area contributed by atoms with E-state index in [4.69, 9.17) is 4.74 Å². The van der Waals surface area contributed by atoms with Crippen LogP contribution in [0.25, 0.3) is 11.5 Å². The van der Waals surface area contributed by atoms with Gasteiger partial charge in [-0.05, 0) is 36.8 Å². The lowest BCUT2D eigenvalue weighted by atomic mass is 10.1. The zero-order valence-electron chi connectivity index (χ0n) is 18.1. The fraction of sp³-hybridized carbons (Fsp3) is 0.304. The number of carbonyl (C=O) groups is 1. The number of amides is 1. The predicted octanol–water partition coefficient (Wildman–Crippen LogP) is 5.37. The Balaban J connectivity index is 1.83. The van der Waals surface area contributed by atoms with E-state index in [1.807, 2.05) is 4.57 Å². The number of unbranched alkanes of at least 4 members (excludes halogenated alkanes) is 2. The number of halogens is 3. The van der Waals surface area contributed by atoms with Crippen LogP contribution < -0.4 is 10.1 Å². The van der Waals surface area contributed by atoms with Gasteiger partial charge in [-0.15, -0.1) is 10.2 Å². The Bertz CT molecular complexity index is 1110. The minimum atomic E-state index is -4.57. The van der Waals surface area contributed by atoms with Crippen LogP contribution >= 0.6 is 0 Å². The van der Waals surface area contributed by atoms with E-state index in [0.717, 1.165) is 44.0 Å². The molecule has 0 saturated carbocycles. The summed E-state index contributed by atoms with van der Waals surface area (Å²) in [5.74, 6) is -0.0761. The van der Waals surface area contributed by atoms with Crippen molar-refractivity contribution in [3.05, 3.63) is 66.5 Å². The average molecular weight is 459 g/mol. The van der Waals surface area contributed by atoms with Crippen LogP contribution in [0.15, 0.2) is 55.4 Å². The largest absolute Gasteiger partial charge is 0.489 e. The van der Waals surface area contributed by atoms with Crippen molar-refractivity contribution in [2.75, 3.05) is 11.9 Å². The number of hydrogen-bond donors (Lipinski definition) is 1. The summed E-state index contributed by atoms with van der Waals surface area (Å²) in [4.78, 5) is 17.3. The van der Waals surface area contributed by atoms with Crippen molar-refractivity contribution in [3.63, 3.8) is 0 Å². The highest BCUT2D eigenvalue weighted by atomic mass is 19.4. The van der Waals surface area contributed by atoms with E-state index in [-0.39, 0.29) is 23.7 Å². The molecule has 0 saturated heterocycles. The number of aromatic nitrogens is 4. The maximum atomic E-state index is 13.1. The molecule has 0 aliphatic heterocycles. The summed E-state index contributed by atoms with van der Waals surface area (Å²) in [5.41, 5.74) is -0.460. The SMILES string of the molecule is C=CCOc1cc(C(F)(F)F)ccc1C(=O)Nc1cccc(-c2nncn2CCCCC)n1. The minimum Gasteiger partial charge on any atom is -0.489 e. The fourth-order valence-corrected chi connectivity index (χ4v) is 3.12. The number of nitrogens with one attached hydrogen (secondary N) is 1. The molecule has 0 bridgehead atoms. The second-order valence-electron chi connectivity index (χ2n) is 7.23. The van der Waals surface area contributed by atoms with Gasteiger partial charge >= 0.3 is 6.18 Å². The van der Waals surface area contributed by atoms with Gasteiger partial charge in [0.15, 0.2) is 5.82 Å². The molecule has 3 aromatic rings. The summed E-state index contributed by atoms with van der Waals surface area (Å²) < 4.78 is 46.4. The highest BCUT2D eigenvalue weighted by Gasteiger charge is 2.32. The molecule has 0 atom stereocenters. The standard InChI is InChI=1S/C23H24F3N5O2/c1-3-5-6-12-31-15-27-30-21(31)18-8-7-9-20(28-18)29-22(32)17-11-10-16(23(24,25)26)14-19(17)33-13-4-2/h4,7-11,14-15H,2-3,5-6,12-13H2,1H3,(H,28,29,32). The van der Waals surface area contributed by atoms with E-state index in [1.165, 1.54) is 6.08 Å². The van der Waals surface area contributed by atoms with Gasteiger partial charge in [0.1, 0.15) is 30.2 Å². The number of pyridine rings is 1. The van der Waals surface area contributed by atoms with E-state index in [9.17, 15) is 18.0 Å². The molecule has 3 rings (SSSR count). The van der Waals surface area contributed by atoms with Crippen molar-refractivity contribution >= 4 is 11.7 Å². The normalized spacial score (nSPS) is 11.3. The monoisotopic (exact) mass is 459 g/mol. The molecular weight excluding hydrogens is 435 g/mol. The van der Waals surface area contributed by atoms with E-state index >= 15 is 0 Å². The Labute approximate surface area is 189 Å². The maximum absolute atomic E-state index is 13.1. The summed E-state index contributed by atoms with van der Waals surface area (Å²) in [6, 6.07) is 7.72. The van der Waals surface area contributed by atoms with Crippen LogP contribution in [0.1, 0.15) is 42.1 Å². The van der Waals surface area contributed by atoms with Crippen molar-refractivity contribution in [1.82, 2.24) is 19.7 Å². The van der Waals surface area contributed by atoms with Crippen LogP contribution in [0, 0.1) is 0 Å². The molecule has 0 fully saturated rings. The summed E-state index contributed by atoms with van der Waals surface area (Å²) in [6.07, 6.45) is 1.57. The third-order valence-corrected chi connectivity index (χ3v) is 4.75. The molecule has 0 aliphatic carbocycles. The summed E-state index contributed by atoms with van der Waals surface area (Å²) >= 11 is 0. The fourth-order valence-electron chi connectivity index (χ4n) is 3.12. The number of nitrogens with zero attached hydrogens (tertiary/aromatic N) is 4. The van der Waals surface area contributed by atoms with Gasteiger partial charge in [0.25, 0.3) is 5.91 Å². The van der Waals surface area contributed by atoms with Crippen molar-refractivity contribution < 1.29 is 22.7 Å². The number of carbonyl (C=O) groups excluding carboxylic acids is 1. The molecule has 1 aromatic carbocycles. The average Bonchev–Trinajstić information content (AvgIpc) is 3.26. The quantitative estimate of drug-likeness (QED) is 0.326. The second-order valence-corrected chi connectivity index (χ2v) is 7.23. The molecule has 0 aliphatic rings. The first-order chi connectivity index (χ1) is 15.8. The lowest BCUT2D eigenvalue weighted by Crippen LogP contribution is -2.16. The molecular formula is C23H24F3N5O2. The van der Waals surface area contributed by atoms with E-state index in [2.05, 4.69) is 34.0 Å². The molecule has 10 heteroatoms. The predicted molar refractivity (Wildman–Crippen MR) is 118 cm³/mol. The van der Waals surface area contributed by atoms with Crippen molar-refractivity contribution in [2.45, 2.75) is 38.9 Å². The highest BCUT2D eigenvalue weighted by Crippen LogP contribution is 2.33. The highest BCUT2D eigenvalue weighted by molar-refractivity contribution is 6.05. The number of alkyl halides is 3. The Hall–Kier alpha value is -3.69. The Kier molecular flexibility index (Phi) is 7.81. The molecule has 1 N–H and O–H groups in total. The molecule has 0 spiro atoms. The van der Waals surface area contributed by atoms with Gasteiger partial charge in [-0.3, -0.25) is 4.79 Å². The summed E-state index contributed by atoms with van der Waals surface area (Å²) in [6.45, 7) is 6.29. The first kappa shape index (κ1) is 24.0. The van der Waals surface area contributed by atoms with E-state index in [0.29, 0.717) is 11.5 Å². The zero-order valence-corrected chi connectivity index (χ0v) is 18.1. The van der Waals surface area contributed by atoms with Gasteiger partial charge in [-0.2, -0.15) is 13.2 Å². The van der Waals surface area contributed by atoms with Crippen LogP contribution in [-0.4, -0.2) is 32.3 Å².